The Hall–Kier alpha value is -1.40. The second-order valence-electron chi connectivity index (χ2n) is 6.51. The van der Waals surface area contributed by atoms with Crippen LogP contribution in [-0.4, -0.2) is 68.9 Å². The first-order chi connectivity index (χ1) is 10.6. The third-order valence-electron chi connectivity index (χ3n) is 4.90. The first-order valence-corrected chi connectivity index (χ1v) is 8.32. The molecule has 1 aromatic heterocycles. The van der Waals surface area contributed by atoms with E-state index in [0.29, 0.717) is 19.0 Å². The first kappa shape index (κ1) is 15.5. The molecule has 2 atom stereocenters. The molecule has 0 radical (unpaired) electrons. The van der Waals surface area contributed by atoms with Gasteiger partial charge in [0.25, 0.3) is 0 Å². The van der Waals surface area contributed by atoms with Crippen molar-refractivity contribution < 1.29 is 9.90 Å². The zero-order valence-corrected chi connectivity index (χ0v) is 13.3. The van der Waals surface area contributed by atoms with E-state index in [2.05, 4.69) is 10.00 Å². The van der Waals surface area contributed by atoms with Gasteiger partial charge in [0, 0.05) is 51.4 Å². The fraction of sp³-hybridized carbons (Fsp3) is 0.750. The maximum absolute atomic E-state index is 12.3. The minimum atomic E-state index is -0.176. The van der Waals surface area contributed by atoms with Crippen LogP contribution in [-0.2, 0) is 11.3 Å². The summed E-state index contributed by atoms with van der Waals surface area (Å²) in [6.45, 7) is 5.97. The molecule has 22 heavy (non-hydrogen) atoms. The van der Waals surface area contributed by atoms with Crippen LogP contribution in [0, 0.1) is 6.92 Å². The van der Waals surface area contributed by atoms with Crippen LogP contribution in [0.2, 0.25) is 0 Å². The largest absolute Gasteiger partial charge is 0.391 e. The molecule has 1 amide bonds. The zero-order valence-electron chi connectivity index (χ0n) is 13.3. The predicted molar refractivity (Wildman–Crippen MR) is 83.4 cm³/mol. The van der Waals surface area contributed by atoms with Gasteiger partial charge in [0.1, 0.15) is 0 Å². The van der Waals surface area contributed by atoms with Crippen LogP contribution in [0.15, 0.2) is 12.4 Å². The van der Waals surface area contributed by atoms with Crippen LogP contribution in [0.4, 0.5) is 0 Å². The Kier molecular flexibility index (Phi) is 4.78. The summed E-state index contributed by atoms with van der Waals surface area (Å²) in [4.78, 5) is 16.6. The molecule has 1 N–H and O–H groups in total. The Labute approximate surface area is 131 Å². The van der Waals surface area contributed by atoms with E-state index in [-0.39, 0.29) is 12.0 Å². The van der Waals surface area contributed by atoms with Gasteiger partial charge in [-0.25, -0.2) is 0 Å². The lowest BCUT2D eigenvalue weighted by molar-refractivity contribution is -0.133. The molecule has 1 saturated carbocycles. The Morgan fingerprint density at radius 3 is 2.68 bits per heavy atom. The second-order valence-corrected chi connectivity index (χ2v) is 6.51. The van der Waals surface area contributed by atoms with Gasteiger partial charge in [-0.05, 0) is 31.7 Å². The van der Waals surface area contributed by atoms with Gasteiger partial charge in [-0.15, -0.1) is 0 Å². The first-order valence-electron chi connectivity index (χ1n) is 8.32. The van der Waals surface area contributed by atoms with Crippen LogP contribution in [0.1, 0.15) is 31.2 Å². The summed E-state index contributed by atoms with van der Waals surface area (Å²) in [6, 6.07) is 0.310. The summed E-state index contributed by atoms with van der Waals surface area (Å²) >= 11 is 0. The van der Waals surface area contributed by atoms with E-state index in [1.807, 2.05) is 28.9 Å². The van der Waals surface area contributed by atoms with Crippen molar-refractivity contribution in [1.82, 2.24) is 19.6 Å². The molecule has 2 heterocycles. The molecule has 122 valence electrons. The number of nitrogens with zero attached hydrogens (tertiary/aromatic N) is 4. The molecule has 1 aromatic rings. The van der Waals surface area contributed by atoms with E-state index >= 15 is 0 Å². The Morgan fingerprint density at radius 2 is 2.09 bits per heavy atom. The number of carbonyl (C=O) groups excluding carboxylic acids is 1. The van der Waals surface area contributed by atoms with Crippen LogP contribution >= 0.6 is 0 Å². The third kappa shape index (κ3) is 3.50. The van der Waals surface area contributed by atoms with Gasteiger partial charge in [0.05, 0.1) is 12.3 Å². The molecule has 0 unspecified atom stereocenters. The molecule has 0 aromatic carbocycles. The van der Waals surface area contributed by atoms with E-state index in [0.717, 1.165) is 51.0 Å². The number of hydrogen-bond donors (Lipinski definition) is 1. The number of aryl methyl sites for hydroxylation is 2. The lowest BCUT2D eigenvalue weighted by atomic mass is 10.1. The quantitative estimate of drug-likeness (QED) is 0.887. The van der Waals surface area contributed by atoms with Gasteiger partial charge in [0.2, 0.25) is 5.91 Å². The molecule has 2 fully saturated rings. The molecular weight excluding hydrogens is 280 g/mol. The van der Waals surface area contributed by atoms with E-state index in [1.54, 1.807) is 0 Å². The maximum Gasteiger partial charge on any atom is 0.224 e. The molecule has 6 heteroatoms. The SMILES string of the molecule is Cc1cnn(CCC(=O)N2CCN([C@@H]3CCC[C@H]3O)CC2)c1. The van der Waals surface area contributed by atoms with Crippen LogP contribution in [0.25, 0.3) is 0 Å². The number of hydrogen-bond acceptors (Lipinski definition) is 4. The van der Waals surface area contributed by atoms with Gasteiger partial charge in [-0.2, -0.15) is 5.10 Å². The average Bonchev–Trinajstić information content (AvgIpc) is 3.13. The van der Waals surface area contributed by atoms with Crippen molar-refractivity contribution in [2.24, 2.45) is 0 Å². The second kappa shape index (κ2) is 6.79. The predicted octanol–water partition coefficient (Wildman–Crippen LogP) is 0.639. The summed E-state index contributed by atoms with van der Waals surface area (Å²) in [5, 5.41) is 14.2. The summed E-state index contributed by atoms with van der Waals surface area (Å²) < 4.78 is 1.83. The van der Waals surface area contributed by atoms with Crippen molar-refractivity contribution in [3.63, 3.8) is 0 Å². The van der Waals surface area contributed by atoms with Crippen molar-refractivity contribution in [3.05, 3.63) is 18.0 Å². The summed E-state index contributed by atoms with van der Waals surface area (Å²) in [5.41, 5.74) is 1.12. The Bertz CT molecular complexity index is 508. The van der Waals surface area contributed by atoms with Crippen molar-refractivity contribution in [3.8, 4) is 0 Å². The lowest BCUT2D eigenvalue weighted by Gasteiger charge is -2.39. The highest BCUT2D eigenvalue weighted by Crippen LogP contribution is 2.25. The molecular formula is C16H26N4O2. The van der Waals surface area contributed by atoms with Crippen molar-refractivity contribution in [2.45, 2.75) is 51.3 Å². The van der Waals surface area contributed by atoms with Crippen LogP contribution in [0.3, 0.4) is 0 Å². The maximum atomic E-state index is 12.3. The fourth-order valence-corrected chi connectivity index (χ4v) is 3.61. The number of rotatable bonds is 4. The Morgan fingerprint density at radius 1 is 1.32 bits per heavy atom. The average molecular weight is 306 g/mol. The molecule has 1 aliphatic carbocycles. The standard InChI is InChI=1S/C16H26N4O2/c1-13-11-17-20(12-13)6-5-16(22)19-9-7-18(8-10-19)14-3-2-4-15(14)21/h11-12,14-15,21H,2-10H2,1H3/t14-,15-/m1/s1. The minimum Gasteiger partial charge on any atom is -0.391 e. The number of amides is 1. The highest BCUT2D eigenvalue weighted by Gasteiger charge is 2.33. The van der Waals surface area contributed by atoms with Gasteiger partial charge in [0.15, 0.2) is 0 Å². The highest BCUT2D eigenvalue weighted by molar-refractivity contribution is 5.76. The Balaban J connectivity index is 1.43. The number of carbonyl (C=O) groups is 1. The smallest absolute Gasteiger partial charge is 0.224 e. The lowest BCUT2D eigenvalue weighted by Crippen LogP contribution is -2.53. The number of piperazine rings is 1. The molecule has 3 rings (SSSR count). The molecule has 0 spiro atoms. The normalized spacial score (nSPS) is 26.5. The topological polar surface area (TPSA) is 61.6 Å². The van der Waals surface area contributed by atoms with Gasteiger partial charge in [-0.3, -0.25) is 14.4 Å². The number of aromatic nitrogens is 2. The highest BCUT2D eigenvalue weighted by atomic mass is 16.3. The zero-order chi connectivity index (χ0) is 15.5. The molecule has 1 aliphatic heterocycles. The molecule has 1 saturated heterocycles. The number of aliphatic hydroxyl groups excluding tert-OH is 1. The monoisotopic (exact) mass is 306 g/mol. The van der Waals surface area contributed by atoms with Gasteiger partial charge in [-0.1, -0.05) is 0 Å². The fourth-order valence-electron chi connectivity index (χ4n) is 3.61. The molecule has 0 bridgehead atoms. The van der Waals surface area contributed by atoms with Crippen molar-refractivity contribution in [2.75, 3.05) is 26.2 Å². The van der Waals surface area contributed by atoms with Gasteiger partial charge >= 0.3 is 0 Å². The summed E-state index contributed by atoms with van der Waals surface area (Å²) in [7, 11) is 0. The van der Waals surface area contributed by atoms with Crippen LogP contribution < -0.4 is 0 Å². The molecule has 2 aliphatic rings. The van der Waals surface area contributed by atoms with E-state index < -0.39 is 0 Å². The van der Waals surface area contributed by atoms with Crippen molar-refractivity contribution >= 4 is 5.91 Å². The summed E-state index contributed by atoms with van der Waals surface area (Å²) in [6.07, 6.45) is 7.25. The van der Waals surface area contributed by atoms with Crippen molar-refractivity contribution in [1.29, 1.82) is 0 Å². The summed E-state index contributed by atoms with van der Waals surface area (Å²) in [5.74, 6) is 0.208. The van der Waals surface area contributed by atoms with Crippen LogP contribution in [0.5, 0.6) is 0 Å². The minimum absolute atomic E-state index is 0.176. The molecule has 6 nitrogen and oxygen atoms in total. The van der Waals surface area contributed by atoms with Gasteiger partial charge < -0.3 is 10.0 Å². The van der Waals surface area contributed by atoms with E-state index in [4.69, 9.17) is 0 Å². The number of aliphatic hydroxyl groups is 1. The van der Waals surface area contributed by atoms with E-state index in [1.165, 1.54) is 0 Å². The van der Waals surface area contributed by atoms with E-state index in [9.17, 15) is 9.90 Å². The third-order valence-corrected chi connectivity index (χ3v) is 4.90.